The first-order chi connectivity index (χ1) is 29.8. The molecule has 0 N–H and O–H groups in total. The van der Waals surface area contributed by atoms with Crippen LogP contribution in [0.3, 0.4) is 0 Å². The second kappa shape index (κ2) is 15.2. The predicted molar refractivity (Wildman–Crippen MR) is 257 cm³/mol. The van der Waals surface area contributed by atoms with E-state index >= 15 is 0 Å². The van der Waals surface area contributed by atoms with Gasteiger partial charge in [0, 0.05) is 0 Å². The highest BCUT2D eigenvalue weighted by Gasteiger charge is 2.20. The number of rotatable bonds is 7. The summed E-state index contributed by atoms with van der Waals surface area (Å²) in [5.41, 5.74) is 17.0. The van der Waals surface area contributed by atoms with E-state index < -0.39 is 0 Å². The molecule has 11 aromatic rings. The molecule has 0 saturated carbocycles. The third-order valence-corrected chi connectivity index (χ3v) is 12.1. The molecular weight excluding hydrogens is 721 g/mol. The highest BCUT2D eigenvalue weighted by Crippen LogP contribution is 2.47. The van der Waals surface area contributed by atoms with E-state index in [1.165, 1.54) is 110 Å². The van der Waals surface area contributed by atoms with Crippen LogP contribution in [0.1, 0.15) is 0 Å². The molecule has 0 fully saturated rings. The van der Waals surface area contributed by atoms with Crippen LogP contribution in [0.2, 0.25) is 0 Å². The van der Waals surface area contributed by atoms with Gasteiger partial charge in [-0.3, -0.25) is 0 Å². The molecule has 0 atom stereocenters. The fourth-order valence-corrected chi connectivity index (χ4v) is 9.21. The molecule has 0 spiro atoms. The van der Waals surface area contributed by atoms with Crippen LogP contribution in [-0.4, -0.2) is 0 Å². The number of hydrogen-bond acceptors (Lipinski definition) is 0. The average Bonchev–Trinajstić information content (AvgIpc) is 3.33. The maximum Gasteiger partial charge on any atom is -0.00199 e. The topological polar surface area (TPSA) is 0 Å². The van der Waals surface area contributed by atoms with E-state index in [-0.39, 0.29) is 0 Å². The van der Waals surface area contributed by atoms with Gasteiger partial charge in [0.05, 0.1) is 0 Å². The van der Waals surface area contributed by atoms with Gasteiger partial charge < -0.3 is 0 Å². The monoisotopic (exact) mass is 760 g/mol. The molecule has 0 bridgehead atoms. The normalized spacial score (nSPS) is 11.3. The molecule has 0 saturated heterocycles. The van der Waals surface area contributed by atoms with Crippen LogP contribution in [-0.2, 0) is 0 Å². The summed E-state index contributed by atoms with van der Waals surface area (Å²) in [5.74, 6) is 0. The van der Waals surface area contributed by atoms with Gasteiger partial charge in [0.2, 0.25) is 0 Å². The summed E-state index contributed by atoms with van der Waals surface area (Å²) in [7, 11) is 0. The summed E-state index contributed by atoms with van der Waals surface area (Å²) >= 11 is 0. The van der Waals surface area contributed by atoms with Gasteiger partial charge in [-0.15, -0.1) is 0 Å². The molecule has 11 aromatic carbocycles. The van der Waals surface area contributed by atoms with Crippen LogP contribution in [0.15, 0.2) is 243 Å². The quantitative estimate of drug-likeness (QED) is 0.142. The molecule has 0 radical (unpaired) electrons. The Morgan fingerprint density at radius 3 is 1.22 bits per heavy atom. The highest BCUT2D eigenvalue weighted by atomic mass is 14.2. The largest absolute Gasteiger partial charge is 0.0622 e. The van der Waals surface area contributed by atoms with Gasteiger partial charge in [-0.05, 0) is 128 Å². The fraction of sp³-hybridized carbons (Fsp3) is 0. The third kappa shape index (κ3) is 6.36. The zero-order valence-corrected chi connectivity index (χ0v) is 33.1. The standard InChI is InChI=1S/C60H40/c1-3-16-41(17-4-1)47-23-14-25-50(39-47)53-37-36-49(48-24-13-22-46(38-48)42-32-34-44(35-33-42)52-31-15-21-43-18-7-8-26-51(43)52)40-58(53)60-56-29-11-9-27-54(56)59(45-19-5-2-6-20-45)55-28-10-12-30-57(55)60/h1-40H. The summed E-state index contributed by atoms with van der Waals surface area (Å²) in [6.07, 6.45) is 0. The smallest absolute Gasteiger partial charge is 0.00199 e. The minimum Gasteiger partial charge on any atom is -0.0622 e. The van der Waals surface area contributed by atoms with Gasteiger partial charge in [-0.1, -0.05) is 224 Å². The van der Waals surface area contributed by atoms with E-state index in [0.717, 1.165) is 0 Å². The zero-order valence-electron chi connectivity index (χ0n) is 33.1. The van der Waals surface area contributed by atoms with Crippen LogP contribution in [0.5, 0.6) is 0 Å². The molecule has 0 nitrogen and oxygen atoms in total. The van der Waals surface area contributed by atoms with Crippen LogP contribution in [0, 0.1) is 0 Å². The third-order valence-electron chi connectivity index (χ3n) is 12.1. The summed E-state index contributed by atoms with van der Waals surface area (Å²) < 4.78 is 0. The van der Waals surface area contributed by atoms with Crippen LogP contribution < -0.4 is 0 Å². The number of benzene rings is 11. The summed E-state index contributed by atoms with van der Waals surface area (Å²) in [6.45, 7) is 0. The molecule has 0 unspecified atom stereocenters. The first kappa shape index (κ1) is 35.4. The Bertz CT molecular complexity index is 3280. The van der Waals surface area contributed by atoms with E-state index in [1.54, 1.807) is 0 Å². The summed E-state index contributed by atoms with van der Waals surface area (Å²) in [4.78, 5) is 0. The lowest BCUT2D eigenvalue weighted by Gasteiger charge is -2.21. The van der Waals surface area contributed by atoms with Crippen molar-refractivity contribution in [1.29, 1.82) is 0 Å². The Labute approximate surface area is 351 Å². The van der Waals surface area contributed by atoms with Crippen molar-refractivity contribution in [2.75, 3.05) is 0 Å². The van der Waals surface area contributed by atoms with Crippen molar-refractivity contribution in [1.82, 2.24) is 0 Å². The van der Waals surface area contributed by atoms with Crippen LogP contribution >= 0.6 is 0 Å². The minimum absolute atomic E-state index is 1.18. The first-order valence-corrected chi connectivity index (χ1v) is 20.7. The van der Waals surface area contributed by atoms with Crippen LogP contribution in [0.25, 0.3) is 110 Å². The molecule has 11 rings (SSSR count). The van der Waals surface area contributed by atoms with Crippen molar-refractivity contribution in [3.8, 4) is 77.9 Å². The average molecular weight is 761 g/mol. The minimum atomic E-state index is 1.18. The van der Waals surface area contributed by atoms with E-state index in [0.29, 0.717) is 0 Å². The second-order valence-corrected chi connectivity index (χ2v) is 15.6. The van der Waals surface area contributed by atoms with E-state index in [1.807, 2.05) is 0 Å². The molecule has 0 heteroatoms. The molecule has 0 aliphatic rings. The Hall–Kier alpha value is -7.80. The van der Waals surface area contributed by atoms with Crippen molar-refractivity contribution >= 4 is 32.3 Å². The predicted octanol–water partition coefficient (Wildman–Crippen LogP) is 16.8. The Morgan fingerprint density at radius 1 is 0.167 bits per heavy atom. The Kier molecular flexibility index (Phi) is 8.95. The van der Waals surface area contributed by atoms with Crippen molar-refractivity contribution in [3.05, 3.63) is 243 Å². The second-order valence-electron chi connectivity index (χ2n) is 15.6. The van der Waals surface area contributed by atoms with Crippen molar-refractivity contribution < 1.29 is 0 Å². The molecule has 0 aliphatic heterocycles. The fourth-order valence-electron chi connectivity index (χ4n) is 9.21. The molecule has 0 aromatic heterocycles. The number of hydrogen-bond donors (Lipinski definition) is 0. The van der Waals surface area contributed by atoms with E-state index in [9.17, 15) is 0 Å². The SMILES string of the molecule is c1ccc(-c2cccc(-c3ccc(-c4cccc(-c5ccc(-c6cccc7ccccc67)cc5)c4)cc3-c3c4ccccc4c(-c4ccccc4)c4ccccc34)c2)cc1. The van der Waals surface area contributed by atoms with Gasteiger partial charge in [0.1, 0.15) is 0 Å². The molecular formula is C60H40. The zero-order chi connectivity index (χ0) is 39.8. The maximum atomic E-state index is 2.43. The first-order valence-electron chi connectivity index (χ1n) is 20.7. The summed E-state index contributed by atoms with van der Waals surface area (Å²) in [5, 5.41) is 7.52. The molecule has 0 aliphatic carbocycles. The molecule has 0 amide bonds. The highest BCUT2D eigenvalue weighted by molar-refractivity contribution is 6.22. The van der Waals surface area contributed by atoms with Gasteiger partial charge in [-0.25, -0.2) is 0 Å². The van der Waals surface area contributed by atoms with Crippen LogP contribution in [0.4, 0.5) is 0 Å². The van der Waals surface area contributed by atoms with E-state index in [4.69, 9.17) is 0 Å². The van der Waals surface area contributed by atoms with E-state index in [2.05, 4.69) is 243 Å². The Morgan fingerprint density at radius 2 is 0.567 bits per heavy atom. The molecule has 60 heavy (non-hydrogen) atoms. The van der Waals surface area contributed by atoms with Gasteiger partial charge >= 0.3 is 0 Å². The van der Waals surface area contributed by atoms with Gasteiger partial charge in [-0.2, -0.15) is 0 Å². The maximum absolute atomic E-state index is 2.43. The molecule has 0 heterocycles. The number of fused-ring (bicyclic) bond motifs is 3. The van der Waals surface area contributed by atoms with Crippen molar-refractivity contribution in [2.24, 2.45) is 0 Å². The van der Waals surface area contributed by atoms with Gasteiger partial charge in [0.15, 0.2) is 0 Å². The summed E-state index contributed by atoms with van der Waals surface area (Å²) in [6, 6.07) is 88.8. The molecule has 280 valence electrons. The van der Waals surface area contributed by atoms with Crippen molar-refractivity contribution in [3.63, 3.8) is 0 Å². The van der Waals surface area contributed by atoms with Crippen molar-refractivity contribution in [2.45, 2.75) is 0 Å². The Balaban J connectivity index is 1.09. The lowest BCUT2D eigenvalue weighted by Crippen LogP contribution is -1.94. The lowest BCUT2D eigenvalue weighted by molar-refractivity contribution is 1.56. The lowest BCUT2D eigenvalue weighted by atomic mass is 9.82. The van der Waals surface area contributed by atoms with Gasteiger partial charge in [0.25, 0.3) is 0 Å².